The quantitative estimate of drug-likeness (QED) is 0.806. The van der Waals surface area contributed by atoms with Crippen molar-refractivity contribution in [1.29, 1.82) is 0 Å². The molecule has 1 aliphatic heterocycles. The molecule has 0 spiro atoms. The highest BCUT2D eigenvalue weighted by Gasteiger charge is 2.32. The number of hydrogen-bond acceptors (Lipinski definition) is 2. The molecule has 2 nitrogen and oxygen atoms in total. The third-order valence-electron chi connectivity index (χ3n) is 5.06. The first-order valence-corrected chi connectivity index (χ1v) is 8.32. The lowest BCUT2D eigenvalue weighted by Crippen LogP contribution is -2.47. The Morgan fingerprint density at radius 2 is 1.89 bits per heavy atom. The van der Waals surface area contributed by atoms with Crippen LogP contribution in [-0.2, 0) is 0 Å². The Morgan fingerprint density at radius 1 is 1.00 bits per heavy atom. The second kappa shape index (κ2) is 7.49. The minimum Gasteiger partial charge on any atom is -0.312 e. The van der Waals surface area contributed by atoms with Gasteiger partial charge in [0.2, 0.25) is 0 Å². The molecule has 1 aliphatic carbocycles. The van der Waals surface area contributed by atoms with Gasteiger partial charge in [0.25, 0.3) is 0 Å². The monoisotopic (exact) mass is 252 g/mol. The van der Waals surface area contributed by atoms with Gasteiger partial charge in [0.15, 0.2) is 0 Å². The fourth-order valence-corrected chi connectivity index (χ4v) is 3.87. The third-order valence-corrected chi connectivity index (χ3v) is 5.06. The van der Waals surface area contributed by atoms with Crippen molar-refractivity contribution in [3.05, 3.63) is 0 Å². The molecule has 1 saturated carbocycles. The van der Waals surface area contributed by atoms with Crippen LogP contribution in [-0.4, -0.2) is 36.6 Å². The van der Waals surface area contributed by atoms with Crippen LogP contribution in [0.4, 0.5) is 0 Å². The summed E-state index contributed by atoms with van der Waals surface area (Å²) in [6.45, 7) is 8.54. The zero-order chi connectivity index (χ0) is 12.8. The molecule has 1 saturated heterocycles. The molecule has 2 fully saturated rings. The molecule has 1 heterocycles. The molecule has 2 rings (SSSR count). The van der Waals surface area contributed by atoms with Crippen LogP contribution in [0.5, 0.6) is 0 Å². The summed E-state index contributed by atoms with van der Waals surface area (Å²) in [6, 6.07) is 1.62. The van der Waals surface area contributed by atoms with Gasteiger partial charge in [0, 0.05) is 12.1 Å². The second-order valence-corrected chi connectivity index (χ2v) is 6.30. The average molecular weight is 252 g/mol. The first-order chi connectivity index (χ1) is 8.85. The van der Waals surface area contributed by atoms with Gasteiger partial charge in [0.1, 0.15) is 0 Å². The number of hydrogen-bond donors (Lipinski definition) is 1. The van der Waals surface area contributed by atoms with Crippen molar-refractivity contribution in [2.24, 2.45) is 5.92 Å². The second-order valence-electron chi connectivity index (χ2n) is 6.30. The van der Waals surface area contributed by atoms with Crippen LogP contribution >= 0.6 is 0 Å². The van der Waals surface area contributed by atoms with Crippen LogP contribution in [0.3, 0.4) is 0 Å². The van der Waals surface area contributed by atoms with Crippen LogP contribution in [0.15, 0.2) is 0 Å². The predicted molar refractivity (Wildman–Crippen MR) is 78.9 cm³/mol. The van der Waals surface area contributed by atoms with Crippen molar-refractivity contribution in [3.63, 3.8) is 0 Å². The van der Waals surface area contributed by atoms with E-state index in [2.05, 4.69) is 24.1 Å². The minimum atomic E-state index is 0.781. The molecule has 2 aliphatic rings. The Morgan fingerprint density at radius 3 is 2.67 bits per heavy atom. The number of nitrogens with zero attached hydrogens (tertiary/aromatic N) is 1. The maximum absolute atomic E-state index is 3.78. The Balaban J connectivity index is 1.85. The van der Waals surface area contributed by atoms with Crippen molar-refractivity contribution in [3.8, 4) is 0 Å². The minimum absolute atomic E-state index is 0.781. The summed E-state index contributed by atoms with van der Waals surface area (Å²) in [6.07, 6.45) is 11.2. The highest BCUT2D eigenvalue weighted by molar-refractivity contribution is 4.91. The molecule has 0 radical (unpaired) electrons. The molecule has 1 N–H and O–H groups in total. The van der Waals surface area contributed by atoms with Crippen molar-refractivity contribution < 1.29 is 0 Å². The van der Waals surface area contributed by atoms with Crippen LogP contribution in [0.1, 0.15) is 65.2 Å². The molecule has 2 heteroatoms. The van der Waals surface area contributed by atoms with E-state index in [1.807, 2.05) is 0 Å². The van der Waals surface area contributed by atoms with E-state index in [9.17, 15) is 0 Å². The maximum Gasteiger partial charge on any atom is 0.0249 e. The molecule has 3 unspecified atom stereocenters. The van der Waals surface area contributed by atoms with Crippen LogP contribution in [0.2, 0.25) is 0 Å². The molecule has 0 aromatic rings. The summed E-state index contributed by atoms with van der Waals surface area (Å²) in [5, 5.41) is 3.78. The lowest BCUT2D eigenvalue weighted by Gasteiger charge is -2.32. The molecule has 18 heavy (non-hydrogen) atoms. The number of nitrogens with one attached hydrogen (secondary N) is 1. The summed E-state index contributed by atoms with van der Waals surface area (Å²) in [7, 11) is 0. The maximum atomic E-state index is 3.78. The van der Waals surface area contributed by atoms with E-state index in [-0.39, 0.29) is 0 Å². The summed E-state index contributed by atoms with van der Waals surface area (Å²) < 4.78 is 0. The first-order valence-electron chi connectivity index (χ1n) is 8.32. The van der Waals surface area contributed by atoms with E-state index in [1.54, 1.807) is 0 Å². The van der Waals surface area contributed by atoms with Crippen molar-refractivity contribution in [2.75, 3.05) is 19.6 Å². The van der Waals surface area contributed by atoms with Gasteiger partial charge < -0.3 is 5.32 Å². The number of likely N-dealkylation sites (tertiary alicyclic amines) is 1. The molecule has 3 atom stereocenters. The Hall–Kier alpha value is -0.0800. The highest BCUT2D eigenvalue weighted by atomic mass is 15.2. The van der Waals surface area contributed by atoms with E-state index in [0.29, 0.717) is 0 Å². The smallest absolute Gasteiger partial charge is 0.0249 e. The van der Waals surface area contributed by atoms with E-state index in [4.69, 9.17) is 0 Å². The van der Waals surface area contributed by atoms with E-state index >= 15 is 0 Å². The Labute approximate surface area is 114 Å². The van der Waals surface area contributed by atoms with Gasteiger partial charge in [-0.25, -0.2) is 0 Å². The normalized spacial score (nSPS) is 34.7. The van der Waals surface area contributed by atoms with Crippen molar-refractivity contribution >= 4 is 0 Å². The zero-order valence-corrected chi connectivity index (χ0v) is 12.5. The van der Waals surface area contributed by atoms with Crippen LogP contribution in [0, 0.1) is 5.92 Å². The fraction of sp³-hybridized carbons (Fsp3) is 1.00. The molecule has 0 amide bonds. The molecular formula is C16H32N2. The number of rotatable bonds is 5. The van der Waals surface area contributed by atoms with Gasteiger partial charge in [0.05, 0.1) is 0 Å². The van der Waals surface area contributed by atoms with Gasteiger partial charge in [-0.05, 0) is 64.1 Å². The summed E-state index contributed by atoms with van der Waals surface area (Å²) in [4.78, 5) is 2.82. The van der Waals surface area contributed by atoms with Crippen molar-refractivity contribution in [1.82, 2.24) is 10.2 Å². The molecule has 0 aromatic carbocycles. The molecule has 106 valence electrons. The topological polar surface area (TPSA) is 15.3 Å². The van der Waals surface area contributed by atoms with Gasteiger partial charge in [-0.2, -0.15) is 0 Å². The summed E-state index contributed by atoms with van der Waals surface area (Å²) in [5.41, 5.74) is 0. The third kappa shape index (κ3) is 3.71. The lowest BCUT2D eigenvalue weighted by atomic mass is 9.98. The van der Waals surface area contributed by atoms with Gasteiger partial charge in [-0.1, -0.05) is 26.7 Å². The largest absolute Gasteiger partial charge is 0.312 e. The van der Waals surface area contributed by atoms with Gasteiger partial charge in [-0.15, -0.1) is 0 Å². The Bertz CT molecular complexity index is 229. The average Bonchev–Trinajstić information content (AvgIpc) is 2.73. The van der Waals surface area contributed by atoms with Gasteiger partial charge in [-0.3, -0.25) is 4.90 Å². The van der Waals surface area contributed by atoms with Crippen LogP contribution < -0.4 is 5.32 Å². The fourth-order valence-electron chi connectivity index (χ4n) is 3.87. The highest BCUT2D eigenvalue weighted by Crippen LogP contribution is 2.28. The van der Waals surface area contributed by atoms with Crippen LogP contribution in [0.25, 0.3) is 0 Å². The summed E-state index contributed by atoms with van der Waals surface area (Å²) in [5.74, 6) is 0.999. The SMILES string of the molecule is CCCNC1CCCC1N1CCCC(CC)CC1. The Kier molecular flexibility index (Phi) is 5.97. The molecule has 0 aromatic heterocycles. The molecule has 0 bridgehead atoms. The van der Waals surface area contributed by atoms with Crippen molar-refractivity contribution in [2.45, 2.75) is 77.3 Å². The summed E-state index contributed by atoms with van der Waals surface area (Å²) >= 11 is 0. The predicted octanol–water partition coefficient (Wildman–Crippen LogP) is 3.42. The van der Waals surface area contributed by atoms with E-state index < -0.39 is 0 Å². The van der Waals surface area contributed by atoms with Gasteiger partial charge >= 0.3 is 0 Å². The molecular weight excluding hydrogens is 220 g/mol. The zero-order valence-electron chi connectivity index (χ0n) is 12.5. The first kappa shape index (κ1) is 14.3. The lowest BCUT2D eigenvalue weighted by molar-refractivity contribution is 0.176. The van der Waals surface area contributed by atoms with E-state index in [1.165, 1.54) is 71.0 Å². The standard InChI is InChI=1S/C16H32N2/c1-3-11-17-15-8-5-9-16(15)18-12-6-7-14(4-2)10-13-18/h14-17H,3-13H2,1-2H3. The van der Waals surface area contributed by atoms with E-state index in [0.717, 1.165) is 18.0 Å².